The van der Waals surface area contributed by atoms with Crippen molar-refractivity contribution in [2.24, 2.45) is 0 Å². The fourth-order valence-corrected chi connectivity index (χ4v) is 3.34. The molecule has 2 heteroatoms. The van der Waals surface area contributed by atoms with Crippen LogP contribution in [0.2, 0.25) is 0 Å². The van der Waals surface area contributed by atoms with Crippen molar-refractivity contribution in [2.45, 2.75) is 51.4 Å². The highest BCUT2D eigenvalue weighted by Gasteiger charge is 2.15. The molecule has 0 amide bonds. The zero-order valence-corrected chi connectivity index (χ0v) is 12.4. The largest absolute Gasteiger partial charge is 0.302 e. The predicted molar refractivity (Wildman–Crippen MR) is 79.0 cm³/mol. The molecule has 0 saturated heterocycles. The molecule has 0 radical (unpaired) electrons. The second-order valence-electron chi connectivity index (χ2n) is 6.30. The van der Waals surface area contributed by atoms with Gasteiger partial charge in [-0.1, -0.05) is 24.0 Å². The lowest BCUT2D eigenvalue weighted by Gasteiger charge is -2.28. The molecular formula is C16H30N2. The highest BCUT2D eigenvalue weighted by Crippen LogP contribution is 2.25. The second-order valence-corrected chi connectivity index (χ2v) is 6.30. The van der Waals surface area contributed by atoms with Crippen molar-refractivity contribution in [3.05, 3.63) is 11.1 Å². The van der Waals surface area contributed by atoms with Crippen molar-refractivity contribution in [1.29, 1.82) is 0 Å². The molecule has 18 heavy (non-hydrogen) atoms. The van der Waals surface area contributed by atoms with Crippen molar-refractivity contribution in [1.82, 2.24) is 9.80 Å². The lowest BCUT2D eigenvalue weighted by molar-refractivity contribution is 0.297. The monoisotopic (exact) mass is 250 g/mol. The first-order chi connectivity index (χ1) is 8.75. The lowest BCUT2D eigenvalue weighted by Crippen LogP contribution is -2.30. The Bertz CT molecular complexity index is 255. The van der Waals surface area contributed by atoms with E-state index in [9.17, 15) is 0 Å². The minimum Gasteiger partial charge on any atom is -0.302 e. The Morgan fingerprint density at radius 3 is 1.50 bits per heavy atom. The molecule has 104 valence electrons. The van der Waals surface area contributed by atoms with Gasteiger partial charge in [-0.05, 0) is 65.7 Å². The van der Waals surface area contributed by atoms with E-state index in [-0.39, 0.29) is 0 Å². The predicted octanol–water partition coefficient (Wildman–Crippen LogP) is 3.29. The van der Waals surface area contributed by atoms with E-state index in [0.29, 0.717) is 0 Å². The van der Waals surface area contributed by atoms with Crippen LogP contribution in [0, 0.1) is 0 Å². The summed E-state index contributed by atoms with van der Waals surface area (Å²) < 4.78 is 0. The van der Waals surface area contributed by atoms with Crippen LogP contribution in [0.4, 0.5) is 0 Å². The molecule has 2 rings (SSSR count). The Kier molecular flexibility index (Phi) is 5.71. The van der Waals surface area contributed by atoms with Crippen molar-refractivity contribution < 1.29 is 0 Å². The molecule has 0 unspecified atom stereocenters. The van der Waals surface area contributed by atoms with Gasteiger partial charge in [0.15, 0.2) is 0 Å². The van der Waals surface area contributed by atoms with Gasteiger partial charge in [-0.3, -0.25) is 0 Å². The maximum absolute atomic E-state index is 2.54. The van der Waals surface area contributed by atoms with Crippen molar-refractivity contribution >= 4 is 0 Å². The summed E-state index contributed by atoms with van der Waals surface area (Å²) in [4.78, 5) is 5.09. The van der Waals surface area contributed by atoms with E-state index in [4.69, 9.17) is 0 Å². The van der Waals surface area contributed by atoms with E-state index in [2.05, 4.69) is 23.9 Å². The fraction of sp³-hybridized carbons (Fsp3) is 0.875. The van der Waals surface area contributed by atoms with E-state index in [1.165, 1.54) is 77.5 Å². The maximum Gasteiger partial charge on any atom is 0.0192 e. The van der Waals surface area contributed by atoms with Gasteiger partial charge in [-0.25, -0.2) is 0 Å². The first kappa shape index (κ1) is 14.1. The van der Waals surface area contributed by atoms with Crippen molar-refractivity contribution in [3.8, 4) is 0 Å². The van der Waals surface area contributed by atoms with Gasteiger partial charge in [0.05, 0.1) is 0 Å². The van der Waals surface area contributed by atoms with Gasteiger partial charge in [0.25, 0.3) is 0 Å². The summed E-state index contributed by atoms with van der Waals surface area (Å²) in [6, 6.07) is 0. The van der Waals surface area contributed by atoms with Gasteiger partial charge in [-0.2, -0.15) is 0 Å². The molecule has 1 aliphatic heterocycles. The number of hydrogen-bond donors (Lipinski definition) is 0. The van der Waals surface area contributed by atoms with E-state index in [1.807, 2.05) is 0 Å². The molecule has 1 heterocycles. The Balaban J connectivity index is 2.13. The van der Waals surface area contributed by atoms with E-state index >= 15 is 0 Å². The first-order valence-corrected chi connectivity index (χ1v) is 7.82. The van der Waals surface area contributed by atoms with E-state index < -0.39 is 0 Å². The molecule has 0 saturated carbocycles. The molecule has 0 spiro atoms. The highest BCUT2D eigenvalue weighted by molar-refractivity contribution is 5.18. The molecule has 0 N–H and O–H groups in total. The summed E-state index contributed by atoms with van der Waals surface area (Å²) in [6.07, 6.45) is 11.1. The van der Waals surface area contributed by atoms with Crippen LogP contribution in [0.3, 0.4) is 0 Å². The van der Waals surface area contributed by atoms with Crippen LogP contribution in [-0.4, -0.2) is 50.1 Å². The lowest BCUT2D eigenvalue weighted by atomic mass is 9.92. The molecule has 0 aromatic rings. The van der Waals surface area contributed by atoms with Crippen LogP contribution in [0.25, 0.3) is 0 Å². The van der Waals surface area contributed by atoms with Gasteiger partial charge >= 0.3 is 0 Å². The Morgan fingerprint density at radius 2 is 1.06 bits per heavy atom. The molecule has 0 fully saturated rings. The van der Waals surface area contributed by atoms with Crippen LogP contribution in [0.5, 0.6) is 0 Å². The average Bonchev–Trinajstić information content (AvgIpc) is 2.32. The molecular weight excluding hydrogens is 220 g/mol. The topological polar surface area (TPSA) is 6.48 Å². The SMILES string of the molecule is CN1CCCCN(C)C/C2=C(/CCCCCC2)C1. The van der Waals surface area contributed by atoms with E-state index in [1.54, 1.807) is 11.1 Å². The van der Waals surface area contributed by atoms with E-state index in [0.717, 1.165) is 0 Å². The minimum atomic E-state index is 1.23. The first-order valence-electron chi connectivity index (χ1n) is 7.82. The summed E-state index contributed by atoms with van der Waals surface area (Å²) >= 11 is 0. The van der Waals surface area contributed by atoms with Gasteiger partial charge in [-0.15, -0.1) is 0 Å². The summed E-state index contributed by atoms with van der Waals surface area (Å²) in [5.74, 6) is 0. The molecule has 2 aliphatic rings. The molecule has 2 nitrogen and oxygen atoms in total. The van der Waals surface area contributed by atoms with Gasteiger partial charge < -0.3 is 9.80 Å². The molecule has 0 aromatic heterocycles. The smallest absolute Gasteiger partial charge is 0.0192 e. The van der Waals surface area contributed by atoms with Crippen LogP contribution in [0.1, 0.15) is 51.4 Å². The maximum atomic E-state index is 2.54. The zero-order valence-electron chi connectivity index (χ0n) is 12.4. The van der Waals surface area contributed by atoms with Gasteiger partial charge in [0.2, 0.25) is 0 Å². The number of nitrogens with zero attached hydrogens (tertiary/aromatic N) is 2. The quantitative estimate of drug-likeness (QED) is 0.609. The van der Waals surface area contributed by atoms with Gasteiger partial charge in [0, 0.05) is 13.1 Å². The van der Waals surface area contributed by atoms with Crippen LogP contribution in [-0.2, 0) is 0 Å². The number of likely N-dealkylation sites (N-methyl/N-ethyl adjacent to an activating group) is 2. The summed E-state index contributed by atoms with van der Waals surface area (Å²) in [6.45, 7) is 4.99. The zero-order chi connectivity index (χ0) is 12.8. The molecule has 1 aliphatic carbocycles. The molecule has 0 aromatic carbocycles. The number of hydrogen-bond acceptors (Lipinski definition) is 2. The molecule has 0 atom stereocenters. The third kappa shape index (κ3) is 4.40. The normalized spacial score (nSPS) is 30.3. The third-order valence-corrected chi connectivity index (χ3v) is 4.46. The van der Waals surface area contributed by atoms with Gasteiger partial charge in [0.1, 0.15) is 0 Å². The molecule has 0 bridgehead atoms. The van der Waals surface area contributed by atoms with Crippen molar-refractivity contribution in [3.63, 3.8) is 0 Å². The number of rotatable bonds is 0. The summed E-state index contributed by atoms with van der Waals surface area (Å²) in [5, 5.41) is 0. The fourth-order valence-electron chi connectivity index (χ4n) is 3.34. The Labute approximate surface area is 113 Å². The summed E-state index contributed by atoms with van der Waals surface area (Å²) in [7, 11) is 4.60. The highest BCUT2D eigenvalue weighted by atomic mass is 15.1. The van der Waals surface area contributed by atoms with Crippen LogP contribution < -0.4 is 0 Å². The Morgan fingerprint density at radius 1 is 0.611 bits per heavy atom. The second kappa shape index (κ2) is 7.30. The standard InChI is InChI=1S/C16H30N2/c1-17-11-7-8-12-18(2)14-16-10-6-4-3-5-9-15(16)13-17/h3-14H2,1-2H3/b16-15-. The van der Waals surface area contributed by atoms with Crippen molar-refractivity contribution in [2.75, 3.05) is 40.3 Å². The van der Waals surface area contributed by atoms with Crippen LogP contribution in [0.15, 0.2) is 11.1 Å². The minimum absolute atomic E-state index is 1.23. The third-order valence-electron chi connectivity index (χ3n) is 4.46. The van der Waals surface area contributed by atoms with Crippen LogP contribution >= 0.6 is 0 Å². The average molecular weight is 250 g/mol. The Hall–Kier alpha value is -0.340. The summed E-state index contributed by atoms with van der Waals surface area (Å²) in [5.41, 5.74) is 3.54.